The van der Waals surface area contributed by atoms with Crippen LogP contribution in [0.2, 0.25) is 5.02 Å². The third-order valence-corrected chi connectivity index (χ3v) is 5.69. The number of hydrogen-bond donors (Lipinski definition) is 2. The van der Waals surface area contributed by atoms with Crippen molar-refractivity contribution in [1.29, 1.82) is 0 Å². The average Bonchev–Trinajstić information content (AvgIpc) is 3.00. The van der Waals surface area contributed by atoms with E-state index < -0.39 is 5.82 Å². The summed E-state index contributed by atoms with van der Waals surface area (Å²) in [5.74, 6) is -0.638. The van der Waals surface area contributed by atoms with Crippen molar-refractivity contribution in [2.45, 2.75) is 25.6 Å². The van der Waals surface area contributed by atoms with Gasteiger partial charge in [-0.1, -0.05) is 11.6 Å². The second kappa shape index (κ2) is 7.64. The Morgan fingerprint density at radius 1 is 1.34 bits per heavy atom. The molecule has 1 aromatic carbocycles. The van der Waals surface area contributed by atoms with Gasteiger partial charge in [0.2, 0.25) is 0 Å². The van der Waals surface area contributed by atoms with Crippen LogP contribution in [-0.4, -0.2) is 64.7 Å². The molecule has 8 nitrogen and oxygen atoms in total. The Bertz CT molecular complexity index is 978. The van der Waals surface area contributed by atoms with Crippen molar-refractivity contribution in [2.75, 3.05) is 32.5 Å². The fraction of sp³-hybridized carbons (Fsp3) is 0.421. The summed E-state index contributed by atoms with van der Waals surface area (Å²) in [5, 5.41) is 10.5. The number of halogens is 2. The predicted molar refractivity (Wildman–Crippen MR) is 107 cm³/mol. The number of amides is 3. The van der Waals surface area contributed by atoms with Crippen molar-refractivity contribution in [1.82, 2.24) is 24.9 Å². The van der Waals surface area contributed by atoms with Gasteiger partial charge in [-0.3, -0.25) is 9.48 Å². The minimum absolute atomic E-state index is 0.0570. The first-order valence-corrected chi connectivity index (χ1v) is 9.77. The first kappa shape index (κ1) is 19.7. The highest BCUT2D eigenvalue weighted by atomic mass is 35.5. The van der Waals surface area contributed by atoms with E-state index >= 15 is 0 Å². The zero-order valence-electron chi connectivity index (χ0n) is 16.2. The van der Waals surface area contributed by atoms with E-state index in [1.165, 1.54) is 18.2 Å². The second-order valence-electron chi connectivity index (χ2n) is 7.36. The van der Waals surface area contributed by atoms with Gasteiger partial charge in [-0.25, -0.2) is 9.18 Å². The Balaban J connectivity index is 1.57. The van der Waals surface area contributed by atoms with Gasteiger partial charge in [0.25, 0.3) is 5.91 Å². The Kier molecular flexibility index (Phi) is 5.18. The Morgan fingerprint density at radius 3 is 2.86 bits per heavy atom. The van der Waals surface area contributed by atoms with Gasteiger partial charge in [0.15, 0.2) is 0 Å². The molecule has 10 heteroatoms. The molecule has 0 spiro atoms. The molecule has 2 N–H and O–H groups in total. The number of nitrogens with zero attached hydrogens (tertiary/aromatic N) is 4. The van der Waals surface area contributed by atoms with Crippen LogP contribution in [0.15, 0.2) is 18.2 Å². The lowest BCUT2D eigenvalue weighted by Gasteiger charge is -2.27. The van der Waals surface area contributed by atoms with Crippen LogP contribution in [0.4, 0.5) is 14.9 Å². The SMILES string of the molecule is CNC1CN(C)C(=O)c2c3c(nn2C1)CCN(C(=O)Nc1ccc(F)c(Cl)c1)C3. The van der Waals surface area contributed by atoms with Crippen molar-refractivity contribution in [3.8, 4) is 0 Å². The van der Waals surface area contributed by atoms with Crippen LogP contribution in [0.1, 0.15) is 21.7 Å². The van der Waals surface area contributed by atoms with Crippen LogP contribution in [0.5, 0.6) is 0 Å². The summed E-state index contributed by atoms with van der Waals surface area (Å²) in [4.78, 5) is 29.0. The number of benzene rings is 1. The van der Waals surface area contributed by atoms with Gasteiger partial charge in [-0.15, -0.1) is 0 Å². The second-order valence-corrected chi connectivity index (χ2v) is 7.77. The minimum atomic E-state index is -0.544. The van der Waals surface area contributed by atoms with Gasteiger partial charge in [0.05, 0.1) is 23.8 Å². The predicted octanol–water partition coefficient (Wildman–Crippen LogP) is 1.94. The molecule has 0 radical (unpaired) electrons. The van der Waals surface area contributed by atoms with Crippen molar-refractivity contribution < 1.29 is 14.0 Å². The van der Waals surface area contributed by atoms with Gasteiger partial charge in [0, 0.05) is 43.9 Å². The van der Waals surface area contributed by atoms with E-state index in [9.17, 15) is 14.0 Å². The maximum atomic E-state index is 13.3. The van der Waals surface area contributed by atoms with E-state index in [4.69, 9.17) is 11.6 Å². The molecule has 0 fully saturated rings. The molecule has 0 saturated carbocycles. The summed E-state index contributed by atoms with van der Waals surface area (Å²) in [6.45, 7) is 1.94. The number of aromatic nitrogens is 2. The van der Waals surface area contributed by atoms with Gasteiger partial charge in [-0.2, -0.15) is 5.10 Å². The normalized spacial score (nSPS) is 18.9. The third-order valence-electron chi connectivity index (χ3n) is 5.40. The highest BCUT2D eigenvalue weighted by Crippen LogP contribution is 2.26. The molecule has 4 rings (SSSR count). The van der Waals surface area contributed by atoms with Crippen LogP contribution in [0.25, 0.3) is 0 Å². The number of urea groups is 1. The Morgan fingerprint density at radius 2 is 2.14 bits per heavy atom. The highest BCUT2D eigenvalue weighted by molar-refractivity contribution is 6.31. The molecular weight excluding hydrogens is 399 g/mol. The van der Waals surface area contributed by atoms with E-state index in [2.05, 4.69) is 15.7 Å². The largest absolute Gasteiger partial charge is 0.339 e. The molecule has 154 valence electrons. The summed E-state index contributed by atoms with van der Waals surface area (Å²) in [7, 11) is 3.64. The van der Waals surface area contributed by atoms with Crippen molar-refractivity contribution in [3.63, 3.8) is 0 Å². The topological polar surface area (TPSA) is 82.5 Å². The minimum Gasteiger partial charge on any atom is -0.339 e. The van der Waals surface area contributed by atoms with E-state index in [-0.39, 0.29) is 29.5 Å². The number of rotatable bonds is 2. The molecule has 3 amide bonds. The number of carbonyl (C=O) groups excluding carboxylic acids is 2. The lowest BCUT2D eigenvalue weighted by atomic mass is 10.0. The molecule has 0 aliphatic carbocycles. The van der Waals surface area contributed by atoms with E-state index in [0.29, 0.717) is 37.4 Å². The average molecular weight is 421 g/mol. The standard InChI is InChI=1S/C19H22ClFN6O2/c1-22-12-8-25(2)18(28)17-13-10-26(6-5-16(13)24-27(17)9-12)19(29)23-11-3-4-15(21)14(20)7-11/h3-4,7,12,22H,5-6,8-10H2,1-2H3,(H,23,29). The maximum absolute atomic E-state index is 13.3. The third kappa shape index (κ3) is 3.67. The van der Waals surface area contributed by atoms with Gasteiger partial charge < -0.3 is 20.4 Å². The number of anilines is 1. The zero-order chi connectivity index (χ0) is 20.7. The van der Waals surface area contributed by atoms with E-state index in [0.717, 1.165) is 11.3 Å². The Labute approximate surface area is 172 Å². The molecule has 3 heterocycles. The smallest absolute Gasteiger partial charge is 0.322 e. The maximum Gasteiger partial charge on any atom is 0.322 e. The van der Waals surface area contributed by atoms with Crippen LogP contribution < -0.4 is 10.6 Å². The summed E-state index contributed by atoms with van der Waals surface area (Å²) in [6.07, 6.45) is 0.564. The molecule has 29 heavy (non-hydrogen) atoms. The molecule has 0 bridgehead atoms. The number of nitrogens with one attached hydrogen (secondary N) is 2. The molecular formula is C19H22ClFN6O2. The molecule has 0 saturated heterocycles. The van der Waals surface area contributed by atoms with Crippen LogP contribution in [-0.2, 0) is 19.5 Å². The number of carbonyl (C=O) groups is 2. The molecule has 1 atom stereocenters. The van der Waals surface area contributed by atoms with Crippen LogP contribution in [0, 0.1) is 5.82 Å². The van der Waals surface area contributed by atoms with Crippen molar-refractivity contribution in [3.05, 3.63) is 46.0 Å². The van der Waals surface area contributed by atoms with Crippen molar-refractivity contribution in [2.24, 2.45) is 0 Å². The summed E-state index contributed by atoms with van der Waals surface area (Å²) < 4.78 is 15.1. The first-order chi connectivity index (χ1) is 13.9. The summed E-state index contributed by atoms with van der Waals surface area (Å²) in [5.41, 5.74) is 2.60. The highest BCUT2D eigenvalue weighted by Gasteiger charge is 2.34. The molecule has 2 aliphatic rings. The lowest BCUT2D eigenvalue weighted by Crippen LogP contribution is -2.41. The summed E-state index contributed by atoms with van der Waals surface area (Å²) >= 11 is 5.79. The molecule has 1 unspecified atom stereocenters. The van der Waals surface area contributed by atoms with Crippen LogP contribution in [0.3, 0.4) is 0 Å². The quantitative estimate of drug-likeness (QED) is 0.777. The zero-order valence-corrected chi connectivity index (χ0v) is 17.0. The van der Waals surface area contributed by atoms with Gasteiger partial charge in [-0.05, 0) is 25.2 Å². The number of hydrogen-bond acceptors (Lipinski definition) is 4. The molecule has 2 aliphatic heterocycles. The lowest BCUT2D eigenvalue weighted by molar-refractivity contribution is 0.0786. The monoisotopic (exact) mass is 420 g/mol. The van der Waals surface area contributed by atoms with Crippen LogP contribution >= 0.6 is 11.6 Å². The van der Waals surface area contributed by atoms with E-state index in [1.807, 2.05) is 7.05 Å². The summed E-state index contributed by atoms with van der Waals surface area (Å²) in [6, 6.07) is 3.80. The Hall–Kier alpha value is -2.65. The van der Waals surface area contributed by atoms with Gasteiger partial charge >= 0.3 is 6.03 Å². The van der Waals surface area contributed by atoms with Gasteiger partial charge in [0.1, 0.15) is 11.5 Å². The molecule has 2 aromatic rings. The fourth-order valence-corrected chi connectivity index (χ4v) is 3.97. The number of likely N-dealkylation sites (N-methyl/N-ethyl adjacent to an activating group) is 2. The fourth-order valence-electron chi connectivity index (χ4n) is 3.79. The first-order valence-electron chi connectivity index (χ1n) is 9.39. The van der Waals surface area contributed by atoms with E-state index in [1.54, 1.807) is 21.5 Å². The number of fused-ring (bicyclic) bond motifs is 3. The van der Waals surface area contributed by atoms with Crippen molar-refractivity contribution >= 4 is 29.2 Å². The molecule has 1 aromatic heterocycles.